The van der Waals surface area contributed by atoms with E-state index in [-0.39, 0.29) is 16.7 Å². The van der Waals surface area contributed by atoms with Gasteiger partial charge in [-0.1, -0.05) is 47.5 Å². The van der Waals surface area contributed by atoms with Gasteiger partial charge in [0.1, 0.15) is 0 Å². The smallest absolute Gasteiger partial charge is 0.238 e. The number of carbonyl (C=O) groups is 1. The van der Waals surface area contributed by atoms with Crippen LogP contribution in [0.3, 0.4) is 0 Å². The molecule has 0 saturated heterocycles. The molecular weight excluding hydrogens is 254 g/mol. The van der Waals surface area contributed by atoms with Gasteiger partial charge in [-0.25, -0.2) is 0 Å². The van der Waals surface area contributed by atoms with Crippen LogP contribution in [0.5, 0.6) is 0 Å². The second kappa shape index (κ2) is 5.31. The fourth-order valence-electron chi connectivity index (χ4n) is 1.15. The summed E-state index contributed by atoms with van der Waals surface area (Å²) in [5, 5.41) is 2.86. The molecule has 1 rings (SSSR count). The maximum Gasteiger partial charge on any atom is 0.238 e. The van der Waals surface area contributed by atoms with Crippen molar-refractivity contribution >= 4 is 27.5 Å². The van der Waals surface area contributed by atoms with Gasteiger partial charge < -0.3 is 5.32 Å². The van der Waals surface area contributed by atoms with Gasteiger partial charge in [-0.15, -0.1) is 0 Å². The van der Waals surface area contributed by atoms with E-state index in [0.717, 1.165) is 5.69 Å². The summed E-state index contributed by atoms with van der Waals surface area (Å²) in [6.07, 6.45) is 0. The van der Waals surface area contributed by atoms with Crippen molar-refractivity contribution in [2.24, 2.45) is 5.92 Å². The summed E-state index contributed by atoms with van der Waals surface area (Å²) in [6, 6.07) is 7.78. The van der Waals surface area contributed by atoms with Crippen LogP contribution in [0.2, 0.25) is 0 Å². The van der Waals surface area contributed by atoms with Gasteiger partial charge in [-0.05, 0) is 25.0 Å². The zero-order chi connectivity index (χ0) is 11.4. The van der Waals surface area contributed by atoms with Gasteiger partial charge in [0, 0.05) is 5.69 Å². The highest BCUT2D eigenvalue weighted by Gasteiger charge is 2.18. The number of carbonyl (C=O) groups excluding carboxylic acids is 1. The van der Waals surface area contributed by atoms with E-state index in [0.29, 0.717) is 0 Å². The molecule has 1 unspecified atom stereocenters. The molecule has 1 N–H and O–H groups in total. The first kappa shape index (κ1) is 12.2. The van der Waals surface area contributed by atoms with E-state index in [1.807, 2.05) is 45.0 Å². The first-order valence-corrected chi connectivity index (χ1v) is 5.94. The zero-order valence-electron chi connectivity index (χ0n) is 9.25. The van der Waals surface area contributed by atoms with E-state index < -0.39 is 0 Å². The summed E-state index contributed by atoms with van der Waals surface area (Å²) in [5.74, 6) is 0.296. The minimum atomic E-state index is -0.140. The molecule has 0 radical (unpaired) electrons. The van der Waals surface area contributed by atoms with E-state index in [1.54, 1.807) is 0 Å². The average molecular weight is 270 g/mol. The van der Waals surface area contributed by atoms with Gasteiger partial charge in [0.15, 0.2) is 0 Å². The zero-order valence-corrected chi connectivity index (χ0v) is 10.8. The second-order valence-corrected chi connectivity index (χ2v) is 4.99. The molecule has 0 saturated carbocycles. The van der Waals surface area contributed by atoms with E-state index in [9.17, 15) is 4.79 Å². The number of rotatable bonds is 3. The van der Waals surface area contributed by atoms with Crippen molar-refractivity contribution in [2.45, 2.75) is 25.6 Å². The number of hydrogen-bond acceptors (Lipinski definition) is 1. The van der Waals surface area contributed by atoms with E-state index in [4.69, 9.17) is 0 Å². The lowest BCUT2D eigenvalue weighted by molar-refractivity contribution is -0.116. The van der Waals surface area contributed by atoms with Crippen molar-refractivity contribution in [3.8, 4) is 0 Å². The Morgan fingerprint density at radius 1 is 1.27 bits per heavy atom. The van der Waals surface area contributed by atoms with Gasteiger partial charge in [-0.2, -0.15) is 0 Å². The predicted octanol–water partition coefficient (Wildman–Crippen LogP) is 3.35. The predicted molar refractivity (Wildman–Crippen MR) is 67.4 cm³/mol. The molecule has 1 atom stereocenters. The van der Waals surface area contributed by atoms with E-state index >= 15 is 0 Å². The highest BCUT2D eigenvalue weighted by molar-refractivity contribution is 9.10. The summed E-state index contributed by atoms with van der Waals surface area (Å²) in [5.41, 5.74) is 2.03. The third-order valence-electron chi connectivity index (χ3n) is 2.15. The number of benzene rings is 1. The molecule has 0 bridgehead atoms. The summed E-state index contributed by atoms with van der Waals surface area (Å²) >= 11 is 3.37. The Morgan fingerprint density at radius 2 is 1.80 bits per heavy atom. The Labute approximate surface area is 99.2 Å². The maximum absolute atomic E-state index is 11.7. The lowest BCUT2D eigenvalue weighted by Gasteiger charge is -2.13. The first-order chi connectivity index (χ1) is 7.00. The van der Waals surface area contributed by atoms with Crippen molar-refractivity contribution in [3.63, 3.8) is 0 Å². The van der Waals surface area contributed by atoms with Crippen molar-refractivity contribution in [2.75, 3.05) is 5.32 Å². The summed E-state index contributed by atoms with van der Waals surface area (Å²) in [4.78, 5) is 11.5. The minimum Gasteiger partial charge on any atom is -0.325 e. The number of hydrogen-bond donors (Lipinski definition) is 1. The highest BCUT2D eigenvalue weighted by Crippen LogP contribution is 2.15. The third kappa shape index (κ3) is 3.67. The molecule has 82 valence electrons. The van der Waals surface area contributed by atoms with Crippen molar-refractivity contribution in [3.05, 3.63) is 29.8 Å². The Kier molecular flexibility index (Phi) is 4.33. The number of nitrogens with one attached hydrogen (secondary N) is 1. The summed E-state index contributed by atoms with van der Waals surface area (Å²) < 4.78 is 0. The topological polar surface area (TPSA) is 29.1 Å². The minimum absolute atomic E-state index is 0.00820. The molecule has 0 aliphatic carbocycles. The molecule has 15 heavy (non-hydrogen) atoms. The van der Waals surface area contributed by atoms with E-state index in [1.165, 1.54) is 5.56 Å². The van der Waals surface area contributed by atoms with Crippen molar-refractivity contribution < 1.29 is 4.79 Å². The quantitative estimate of drug-likeness (QED) is 0.838. The highest BCUT2D eigenvalue weighted by atomic mass is 79.9. The van der Waals surface area contributed by atoms with Crippen molar-refractivity contribution in [1.29, 1.82) is 0 Å². The molecule has 0 fully saturated rings. The first-order valence-electron chi connectivity index (χ1n) is 5.02. The van der Waals surface area contributed by atoms with Gasteiger partial charge >= 0.3 is 0 Å². The van der Waals surface area contributed by atoms with Crippen LogP contribution in [0.15, 0.2) is 24.3 Å². The van der Waals surface area contributed by atoms with Crippen LogP contribution in [0.1, 0.15) is 19.4 Å². The van der Waals surface area contributed by atoms with Crippen LogP contribution in [-0.4, -0.2) is 10.7 Å². The summed E-state index contributed by atoms with van der Waals surface area (Å²) in [6.45, 7) is 6.04. The molecule has 2 nitrogen and oxygen atoms in total. The van der Waals surface area contributed by atoms with E-state index in [2.05, 4.69) is 21.2 Å². The molecule has 3 heteroatoms. The standard InChI is InChI=1S/C12H16BrNO/c1-8(2)11(13)12(15)14-10-6-4-9(3)5-7-10/h4-8,11H,1-3H3,(H,14,15). The van der Waals surface area contributed by atoms with Crippen LogP contribution in [0.25, 0.3) is 0 Å². The molecular formula is C12H16BrNO. The van der Waals surface area contributed by atoms with Crippen LogP contribution in [0, 0.1) is 12.8 Å². The fraction of sp³-hybridized carbons (Fsp3) is 0.417. The average Bonchev–Trinajstić information content (AvgIpc) is 2.20. The van der Waals surface area contributed by atoms with Crippen molar-refractivity contribution in [1.82, 2.24) is 0 Å². The fourth-order valence-corrected chi connectivity index (χ4v) is 1.27. The lowest BCUT2D eigenvalue weighted by atomic mass is 10.1. The number of aryl methyl sites for hydroxylation is 1. The molecule has 1 amide bonds. The summed E-state index contributed by atoms with van der Waals surface area (Å²) in [7, 11) is 0. The van der Waals surface area contributed by atoms with Crippen LogP contribution >= 0.6 is 15.9 Å². The number of anilines is 1. The Balaban J connectivity index is 2.62. The van der Waals surface area contributed by atoms with Gasteiger partial charge in [0.2, 0.25) is 5.91 Å². The Bertz CT molecular complexity index is 332. The van der Waals surface area contributed by atoms with Crippen LogP contribution < -0.4 is 5.32 Å². The SMILES string of the molecule is Cc1ccc(NC(=O)C(Br)C(C)C)cc1. The molecule has 0 aliphatic rings. The van der Waals surface area contributed by atoms with Gasteiger partial charge in [-0.3, -0.25) is 4.79 Å². The van der Waals surface area contributed by atoms with Gasteiger partial charge in [0.25, 0.3) is 0 Å². The molecule has 1 aromatic carbocycles. The van der Waals surface area contributed by atoms with Crippen LogP contribution in [-0.2, 0) is 4.79 Å². The monoisotopic (exact) mass is 269 g/mol. The lowest BCUT2D eigenvalue weighted by Crippen LogP contribution is -2.26. The number of amides is 1. The molecule has 0 heterocycles. The van der Waals surface area contributed by atoms with Crippen LogP contribution in [0.4, 0.5) is 5.69 Å². The largest absolute Gasteiger partial charge is 0.325 e. The molecule has 0 spiro atoms. The van der Waals surface area contributed by atoms with Gasteiger partial charge in [0.05, 0.1) is 4.83 Å². The third-order valence-corrected chi connectivity index (χ3v) is 3.63. The molecule has 0 aliphatic heterocycles. The second-order valence-electron chi connectivity index (χ2n) is 4.00. The number of alkyl halides is 1. The molecule has 0 aromatic heterocycles. The maximum atomic E-state index is 11.7. The Morgan fingerprint density at radius 3 is 2.27 bits per heavy atom. The Hall–Kier alpha value is -0.830. The normalized spacial score (nSPS) is 12.6. The molecule has 1 aromatic rings. The number of halogens is 1.